The Bertz CT molecular complexity index is 504. The van der Waals surface area contributed by atoms with Crippen LogP contribution in [0.1, 0.15) is 10.4 Å². The second-order valence-corrected chi connectivity index (χ2v) is 3.15. The molecule has 0 aliphatic carbocycles. The van der Waals surface area contributed by atoms with E-state index in [0.29, 0.717) is 11.4 Å². The van der Waals surface area contributed by atoms with Crippen LogP contribution in [0.25, 0.3) is 11.4 Å². The van der Waals surface area contributed by atoms with Crippen LogP contribution >= 0.6 is 0 Å². The zero-order chi connectivity index (χ0) is 10.8. The summed E-state index contributed by atoms with van der Waals surface area (Å²) in [5, 5.41) is 3.96. The summed E-state index contributed by atoms with van der Waals surface area (Å²) >= 11 is 0. The largest absolute Gasteiger partial charge is 0.366 e. The van der Waals surface area contributed by atoms with E-state index < -0.39 is 5.91 Å². The van der Waals surface area contributed by atoms with Crippen molar-refractivity contribution < 1.29 is 4.79 Å². The van der Waals surface area contributed by atoms with Gasteiger partial charge >= 0.3 is 0 Å². The first-order valence-corrected chi connectivity index (χ1v) is 4.42. The molecule has 1 amide bonds. The SMILES string of the molecule is Cn1ncnc1-c1cccc(C(N)=O)c1. The zero-order valence-electron chi connectivity index (χ0n) is 8.21. The molecule has 15 heavy (non-hydrogen) atoms. The Hall–Kier alpha value is -2.17. The van der Waals surface area contributed by atoms with Gasteiger partial charge in [0.1, 0.15) is 6.33 Å². The number of hydrogen-bond acceptors (Lipinski definition) is 3. The molecule has 1 aromatic carbocycles. The summed E-state index contributed by atoms with van der Waals surface area (Å²) in [6, 6.07) is 7.00. The molecule has 5 nitrogen and oxygen atoms in total. The highest BCUT2D eigenvalue weighted by atomic mass is 16.1. The van der Waals surface area contributed by atoms with Gasteiger partial charge in [0.25, 0.3) is 0 Å². The van der Waals surface area contributed by atoms with Crippen molar-refractivity contribution in [3.8, 4) is 11.4 Å². The normalized spacial score (nSPS) is 10.2. The van der Waals surface area contributed by atoms with Crippen LogP contribution in [0.3, 0.4) is 0 Å². The van der Waals surface area contributed by atoms with Crippen molar-refractivity contribution in [2.45, 2.75) is 0 Å². The number of primary amides is 1. The summed E-state index contributed by atoms with van der Waals surface area (Å²) in [6.07, 6.45) is 1.46. The summed E-state index contributed by atoms with van der Waals surface area (Å²) in [6.45, 7) is 0. The van der Waals surface area contributed by atoms with E-state index in [1.54, 1.807) is 29.9 Å². The molecule has 2 rings (SSSR count). The molecule has 0 bridgehead atoms. The molecule has 0 aliphatic rings. The first kappa shape index (κ1) is 9.39. The van der Waals surface area contributed by atoms with Crippen LogP contribution in [0, 0.1) is 0 Å². The third kappa shape index (κ3) is 1.71. The lowest BCUT2D eigenvalue weighted by Crippen LogP contribution is -2.10. The Kier molecular flexibility index (Phi) is 2.21. The zero-order valence-corrected chi connectivity index (χ0v) is 8.21. The summed E-state index contributed by atoms with van der Waals surface area (Å²) < 4.78 is 1.64. The average Bonchev–Trinajstić information content (AvgIpc) is 2.64. The molecule has 2 N–H and O–H groups in total. The topological polar surface area (TPSA) is 73.8 Å². The van der Waals surface area contributed by atoms with Gasteiger partial charge in [-0.3, -0.25) is 4.79 Å². The summed E-state index contributed by atoms with van der Waals surface area (Å²) in [4.78, 5) is 15.1. The molecule has 1 aromatic heterocycles. The minimum atomic E-state index is -0.445. The molecule has 0 saturated carbocycles. The van der Waals surface area contributed by atoms with Crippen LogP contribution in [-0.2, 0) is 7.05 Å². The van der Waals surface area contributed by atoms with Crippen molar-refractivity contribution in [3.63, 3.8) is 0 Å². The molecule has 0 spiro atoms. The lowest BCUT2D eigenvalue weighted by Gasteiger charge is -2.01. The molecular formula is C10H10N4O. The maximum absolute atomic E-state index is 11.0. The molecule has 5 heteroatoms. The van der Waals surface area contributed by atoms with Crippen LogP contribution < -0.4 is 5.73 Å². The number of nitrogens with two attached hydrogens (primary N) is 1. The predicted molar refractivity (Wildman–Crippen MR) is 55.0 cm³/mol. The highest BCUT2D eigenvalue weighted by molar-refractivity contribution is 5.93. The van der Waals surface area contributed by atoms with E-state index in [9.17, 15) is 4.79 Å². The maximum atomic E-state index is 11.0. The summed E-state index contributed by atoms with van der Waals surface area (Å²) in [7, 11) is 1.79. The fraction of sp³-hybridized carbons (Fsp3) is 0.100. The van der Waals surface area contributed by atoms with Crippen molar-refractivity contribution in [2.75, 3.05) is 0 Å². The Balaban J connectivity index is 2.50. The maximum Gasteiger partial charge on any atom is 0.248 e. The van der Waals surface area contributed by atoms with Crippen LogP contribution in [0.4, 0.5) is 0 Å². The van der Waals surface area contributed by atoms with Crippen LogP contribution in [-0.4, -0.2) is 20.7 Å². The van der Waals surface area contributed by atoms with Gasteiger partial charge in [-0.1, -0.05) is 12.1 Å². The van der Waals surface area contributed by atoms with E-state index in [1.165, 1.54) is 6.33 Å². The van der Waals surface area contributed by atoms with Crippen LogP contribution in [0.15, 0.2) is 30.6 Å². The number of carbonyl (C=O) groups excluding carboxylic acids is 1. The second kappa shape index (κ2) is 3.53. The van der Waals surface area contributed by atoms with E-state index in [-0.39, 0.29) is 0 Å². The smallest absolute Gasteiger partial charge is 0.248 e. The molecule has 76 valence electrons. The molecular weight excluding hydrogens is 192 g/mol. The number of aryl methyl sites for hydroxylation is 1. The molecule has 2 aromatic rings. The highest BCUT2D eigenvalue weighted by Gasteiger charge is 2.06. The Labute approximate surface area is 86.5 Å². The van der Waals surface area contributed by atoms with E-state index in [1.807, 2.05) is 6.07 Å². The lowest BCUT2D eigenvalue weighted by atomic mass is 10.1. The van der Waals surface area contributed by atoms with E-state index in [4.69, 9.17) is 5.73 Å². The van der Waals surface area contributed by atoms with Crippen molar-refractivity contribution in [1.29, 1.82) is 0 Å². The number of amides is 1. The second-order valence-electron chi connectivity index (χ2n) is 3.15. The summed E-state index contributed by atoms with van der Waals surface area (Å²) in [5.74, 6) is 0.261. The standard InChI is InChI=1S/C10H10N4O/c1-14-10(12-6-13-14)8-4-2-3-7(5-8)9(11)15/h2-6H,1H3,(H2,11,15). The molecule has 0 atom stereocenters. The number of benzene rings is 1. The minimum absolute atomic E-state index is 0.445. The quantitative estimate of drug-likeness (QED) is 0.774. The first-order valence-electron chi connectivity index (χ1n) is 4.42. The Morgan fingerprint density at radius 2 is 2.27 bits per heavy atom. The molecule has 0 fully saturated rings. The van der Waals surface area contributed by atoms with Gasteiger partial charge in [0.2, 0.25) is 5.91 Å². The molecule has 0 aliphatic heterocycles. The number of carbonyl (C=O) groups is 1. The highest BCUT2D eigenvalue weighted by Crippen LogP contribution is 2.16. The van der Waals surface area contributed by atoms with E-state index >= 15 is 0 Å². The third-order valence-corrected chi connectivity index (χ3v) is 2.12. The Morgan fingerprint density at radius 1 is 1.47 bits per heavy atom. The van der Waals surface area contributed by atoms with Crippen molar-refractivity contribution in [1.82, 2.24) is 14.8 Å². The first-order chi connectivity index (χ1) is 7.18. The molecule has 0 saturated heterocycles. The Morgan fingerprint density at radius 3 is 2.87 bits per heavy atom. The van der Waals surface area contributed by atoms with Crippen LogP contribution in [0.5, 0.6) is 0 Å². The number of nitrogens with zero attached hydrogens (tertiary/aromatic N) is 3. The van der Waals surface area contributed by atoms with Gasteiger partial charge in [0.15, 0.2) is 5.82 Å². The van der Waals surface area contributed by atoms with Crippen molar-refractivity contribution >= 4 is 5.91 Å². The van der Waals surface area contributed by atoms with Gasteiger partial charge in [-0.25, -0.2) is 9.67 Å². The monoisotopic (exact) mass is 202 g/mol. The fourth-order valence-corrected chi connectivity index (χ4v) is 1.37. The number of rotatable bonds is 2. The summed E-state index contributed by atoms with van der Waals surface area (Å²) in [5.41, 5.74) is 6.49. The average molecular weight is 202 g/mol. The third-order valence-electron chi connectivity index (χ3n) is 2.12. The fourth-order valence-electron chi connectivity index (χ4n) is 1.37. The molecule has 1 heterocycles. The van der Waals surface area contributed by atoms with E-state index in [2.05, 4.69) is 10.1 Å². The van der Waals surface area contributed by atoms with Gasteiger partial charge in [0.05, 0.1) is 0 Å². The van der Waals surface area contributed by atoms with Crippen molar-refractivity contribution in [3.05, 3.63) is 36.2 Å². The lowest BCUT2D eigenvalue weighted by molar-refractivity contribution is 0.100. The molecule has 0 radical (unpaired) electrons. The molecule has 0 unspecified atom stereocenters. The van der Waals surface area contributed by atoms with Gasteiger partial charge < -0.3 is 5.73 Å². The number of aromatic nitrogens is 3. The van der Waals surface area contributed by atoms with Crippen molar-refractivity contribution in [2.24, 2.45) is 12.8 Å². The van der Waals surface area contributed by atoms with Gasteiger partial charge in [0, 0.05) is 18.2 Å². The number of hydrogen-bond donors (Lipinski definition) is 1. The predicted octanol–water partition coefficient (Wildman–Crippen LogP) is 0.581. The minimum Gasteiger partial charge on any atom is -0.366 e. The van der Waals surface area contributed by atoms with Gasteiger partial charge in [-0.15, -0.1) is 0 Å². The van der Waals surface area contributed by atoms with Gasteiger partial charge in [-0.05, 0) is 12.1 Å². The van der Waals surface area contributed by atoms with E-state index in [0.717, 1.165) is 5.56 Å². The van der Waals surface area contributed by atoms with Crippen LogP contribution in [0.2, 0.25) is 0 Å². The van der Waals surface area contributed by atoms with Gasteiger partial charge in [-0.2, -0.15) is 5.10 Å².